The van der Waals surface area contributed by atoms with Crippen LogP contribution < -0.4 is 18.9 Å². The third-order valence-electron chi connectivity index (χ3n) is 5.38. The predicted molar refractivity (Wildman–Crippen MR) is 124 cm³/mol. The molecule has 1 aliphatic heterocycles. The van der Waals surface area contributed by atoms with Crippen LogP contribution in [0, 0.1) is 0 Å². The molecule has 0 aromatic heterocycles. The molecule has 13 nitrogen and oxygen atoms in total. The molecule has 0 N–H and O–H groups in total. The summed E-state index contributed by atoms with van der Waals surface area (Å²) in [5, 5.41) is 0. The maximum absolute atomic E-state index is 13.7. The Balaban J connectivity index is 2.18. The van der Waals surface area contributed by atoms with E-state index < -0.39 is 48.3 Å². The van der Waals surface area contributed by atoms with Gasteiger partial charge in [-0.15, -0.1) is 0 Å². The second-order valence-electron chi connectivity index (χ2n) is 7.17. The van der Waals surface area contributed by atoms with E-state index in [1.807, 2.05) is 0 Å². The lowest BCUT2D eigenvalue weighted by atomic mass is 10.3. The molecule has 2 aromatic carbocycles. The number of methoxy groups -OCH3 is 6. The number of carbonyl (C=O) groups is 1. The molecule has 2 atom stereocenters. The second kappa shape index (κ2) is 10.4. The van der Waals surface area contributed by atoms with Crippen molar-refractivity contribution in [1.29, 1.82) is 0 Å². The van der Waals surface area contributed by atoms with Crippen molar-refractivity contribution < 1.29 is 50.1 Å². The van der Waals surface area contributed by atoms with Crippen LogP contribution in [-0.4, -0.2) is 86.6 Å². The first-order chi connectivity index (χ1) is 17.0. The third kappa shape index (κ3) is 4.38. The molecule has 0 saturated carbocycles. The number of sulfonamides is 2. The highest BCUT2D eigenvalue weighted by Crippen LogP contribution is 2.40. The molecule has 36 heavy (non-hydrogen) atoms. The average Bonchev–Trinajstić information content (AvgIpc) is 3.20. The van der Waals surface area contributed by atoms with Crippen LogP contribution in [0.3, 0.4) is 0 Å². The lowest BCUT2D eigenvalue weighted by molar-refractivity contribution is -0.0767. The van der Waals surface area contributed by atoms with Gasteiger partial charge in [-0.05, 0) is 24.3 Å². The molecule has 0 aliphatic carbocycles. The second-order valence-corrected chi connectivity index (χ2v) is 10.7. The van der Waals surface area contributed by atoms with Crippen molar-refractivity contribution in [1.82, 2.24) is 8.61 Å². The Hall–Kier alpha value is -3.27. The SMILES string of the molecule is COc1ccc(S(=O)(=O)N2C(=O)N(S(=O)(=O)c3ccc(OC)cc3OC)[C@H](OC)[C@H]2OC)c(OC)c1. The number of nitrogens with zero attached hydrogens (tertiary/aromatic N) is 2. The van der Waals surface area contributed by atoms with E-state index in [-0.39, 0.29) is 11.5 Å². The topological polar surface area (TPSA) is 147 Å². The summed E-state index contributed by atoms with van der Waals surface area (Å²) in [5.41, 5.74) is 0. The minimum atomic E-state index is -4.72. The van der Waals surface area contributed by atoms with Crippen molar-refractivity contribution in [3.63, 3.8) is 0 Å². The Morgan fingerprint density at radius 3 is 1.25 bits per heavy atom. The van der Waals surface area contributed by atoms with E-state index in [0.717, 1.165) is 14.2 Å². The summed E-state index contributed by atoms with van der Waals surface area (Å²) in [6.07, 6.45) is -3.34. The molecule has 2 amide bonds. The lowest BCUT2D eigenvalue weighted by Crippen LogP contribution is -2.43. The van der Waals surface area contributed by atoms with Gasteiger partial charge in [0, 0.05) is 26.4 Å². The first-order valence-corrected chi connectivity index (χ1v) is 13.0. The zero-order valence-electron chi connectivity index (χ0n) is 20.3. The fourth-order valence-corrected chi connectivity index (χ4v) is 6.90. The summed E-state index contributed by atoms with van der Waals surface area (Å²) in [7, 11) is -1.98. The van der Waals surface area contributed by atoms with Gasteiger partial charge in [-0.3, -0.25) is 0 Å². The minimum absolute atomic E-state index is 0.135. The molecule has 15 heteroatoms. The first kappa shape index (κ1) is 27.3. The van der Waals surface area contributed by atoms with Crippen molar-refractivity contribution in [2.75, 3.05) is 42.7 Å². The van der Waals surface area contributed by atoms with Crippen LogP contribution in [0.5, 0.6) is 23.0 Å². The summed E-state index contributed by atoms with van der Waals surface area (Å²) in [4.78, 5) is 12.7. The fourth-order valence-electron chi connectivity index (χ4n) is 3.64. The molecule has 0 spiro atoms. The number of rotatable bonds is 10. The van der Waals surface area contributed by atoms with Gasteiger partial charge in [0.2, 0.25) is 0 Å². The van der Waals surface area contributed by atoms with E-state index in [0.29, 0.717) is 20.1 Å². The van der Waals surface area contributed by atoms with Crippen molar-refractivity contribution in [2.45, 2.75) is 22.2 Å². The highest BCUT2D eigenvalue weighted by molar-refractivity contribution is 7.91. The number of amides is 2. The standard InChI is InChI=1S/C21H26N2O11S2/c1-29-13-7-9-17(15(11-13)31-3)35(25,26)22-19(33-5)20(34-6)23(21(22)24)36(27,28)18-10-8-14(30-2)12-16(18)32-4/h7-12,19-20H,1-6H3/t19-,20-/m1/s1. The van der Waals surface area contributed by atoms with E-state index in [1.54, 1.807) is 0 Å². The number of ether oxygens (including phenoxy) is 6. The van der Waals surface area contributed by atoms with Crippen molar-refractivity contribution in [2.24, 2.45) is 0 Å². The van der Waals surface area contributed by atoms with Crippen molar-refractivity contribution in [3.8, 4) is 23.0 Å². The Bertz CT molecular complexity index is 1240. The van der Waals surface area contributed by atoms with E-state index in [1.165, 1.54) is 64.8 Å². The van der Waals surface area contributed by atoms with Gasteiger partial charge in [0.05, 0.1) is 28.4 Å². The smallest absolute Gasteiger partial charge is 0.352 e. The summed E-state index contributed by atoms with van der Waals surface area (Å²) < 4.78 is 86.3. The zero-order chi connectivity index (χ0) is 26.8. The normalized spacial score (nSPS) is 18.3. The van der Waals surface area contributed by atoms with Crippen LogP contribution in [0.1, 0.15) is 0 Å². The van der Waals surface area contributed by atoms with Gasteiger partial charge in [0.15, 0.2) is 12.5 Å². The Kier molecular flexibility index (Phi) is 7.88. The van der Waals surface area contributed by atoms with Crippen LogP contribution in [0.15, 0.2) is 46.2 Å². The van der Waals surface area contributed by atoms with E-state index in [4.69, 9.17) is 28.4 Å². The summed E-state index contributed by atoms with van der Waals surface area (Å²) in [6.45, 7) is 0. The van der Waals surface area contributed by atoms with Crippen LogP contribution in [0.25, 0.3) is 0 Å². The fraction of sp³-hybridized carbons (Fsp3) is 0.381. The molecule has 0 unspecified atom stereocenters. The van der Waals surface area contributed by atoms with Gasteiger partial charge in [-0.1, -0.05) is 0 Å². The summed E-state index contributed by atoms with van der Waals surface area (Å²) in [5.74, 6) is 0.327. The molecular formula is C21H26N2O11S2. The Labute approximate surface area is 209 Å². The molecule has 3 rings (SSSR count). The van der Waals surface area contributed by atoms with E-state index in [9.17, 15) is 21.6 Å². The van der Waals surface area contributed by atoms with Gasteiger partial charge < -0.3 is 28.4 Å². The number of carbonyl (C=O) groups excluding carboxylic acids is 1. The quantitative estimate of drug-likeness (QED) is 0.427. The monoisotopic (exact) mass is 546 g/mol. The maximum atomic E-state index is 13.7. The molecule has 2 aromatic rings. The number of hydrogen-bond donors (Lipinski definition) is 0. The first-order valence-electron chi connectivity index (χ1n) is 10.2. The van der Waals surface area contributed by atoms with Gasteiger partial charge >= 0.3 is 6.03 Å². The Morgan fingerprint density at radius 1 is 0.611 bits per heavy atom. The molecule has 0 radical (unpaired) electrons. The number of benzene rings is 2. The third-order valence-corrected chi connectivity index (χ3v) is 8.93. The van der Waals surface area contributed by atoms with Gasteiger partial charge in [-0.2, -0.15) is 8.61 Å². The van der Waals surface area contributed by atoms with Crippen LogP contribution in [-0.2, 0) is 29.5 Å². The predicted octanol–water partition coefficient (Wildman–Crippen LogP) is 1.48. The summed E-state index contributed by atoms with van der Waals surface area (Å²) in [6, 6.07) is 6.21. The van der Waals surface area contributed by atoms with E-state index in [2.05, 4.69) is 0 Å². The molecular weight excluding hydrogens is 520 g/mol. The molecule has 198 valence electrons. The van der Waals surface area contributed by atoms with Gasteiger partial charge in [-0.25, -0.2) is 21.6 Å². The van der Waals surface area contributed by atoms with E-state index >= 15 is 0 Å². The molecule has 1 saturated heterocycles. The molecule has 1 aliphatic rings. The van der Waals surface area contributed by atoms with Gasteiger partial charge in [0.25, 0.3) is 20.0 Å². The highest BCUT2D eigenvalue weighted by atomic mass is 32.2. The Morgan fingerprint density at radius 2 is 0.972 bits per heavy atom. The maximum Gasteiger partial charge on any atom is 0.352 e. The number of hydrogen-bond acceptors (Lipinski definition) is 11. The molecule has 0 bridgehead atoms. The summed E-state index contributed by atoms with van der Waals surface area (Å²) >= 11 is 0. The molecule has 1 heterocycles. The average molecular weight is 547 g/mol. The van der Waals surface area contributed by atoms with Crippen molar-refractivity contribution >= 4 is 26.1 Å². The van der Waals surface area contributed by atoms with Crippen molar-refractivity contribution in [3.05, 3.63) is 36.4 Å². The lowest BCUT2D eigenvalue weighted by Gasteiger charge is -2.25. The van der Waals surface area contributed by atoms with Crippen LogP contribution >= 0.6 is 0 Å². The van der Waals surface area contributed by atoms with Crippen LogP contribution in [0.4, 0.5) is 4.79 Å². The highest BCUT2D eigenvalue weighted by Gasteiger charge is 2.58. The number of urea groups is 1. The van der Waals surface area contributed by atoms with Crippen LogP contribution in [0.2, 0.25) is 0 Å². The largest absolute Gasteiger partial charge is 0.497 e. The minimum Gasteiger partial charge on any atom is -0.497 e. The zero-order valence-corrected chi connectivity index (χ0v) is 22.0. The molecule has 1 fully saturated rings. The van der Waals surface area contributed by atoms with Gasteiger partial charge in [0.1, 0.15) is 32.8 Å².